The molecule has 1 aliphatic heterocycles. The van der Waals surface area contributed by atoms with Crippen molar-refractivity contribution in [1.29, 1.82) is 0 Å². The van der Waals surface area contributed by atoms with Crippen LogP contribution in [0.5, 0.6) is 0 Å². The predicted molar refractivity (Wildman–Crippen MR) is 89.5 cm³/mol. The number of amides is 1. The van der Waals surface area contributed by atoms with Crippen LogP contribution in [0.25, 0.3) is 0 Å². The Balaban J connectivity index is 1.60. The second-order valence-corrected chi connectivity index (χ2v) is 6.46. The van der Waals surface area contributed by atoms with Crippen LogP contribution in [0.2, 0.25) is 0 Å². The molecule has 3 rings (SSSR count). The van der Waals surface area contributed by atoms with Crippen LogP contribution in [0.15, 0.2) is 47.2 Å². The lowest BCUT2D eigenvalue weighted by Gasteiger charge is -2.34. The van der Waals surface area contributed by atoms with E-state index in [1.165, 1.54) is 11.6 Å². The molecule has 0 saturated carbocycles. The van der Waals surface area contributed by atoms with Gasteiger partial charge in [0.05, 0.1) is 5.56 Å². The van der Waals surface area contributed by atoms with Crippen LogP contribution in [-0.2, 0) is 6.54 Å². The maximum absolute atomic E-state index is 13.9. The molecular weight excluding hydrogens is 361 g/mol. The van der Waals surface area contributed by atoms with Gasteiger partial charge in [0, 0.05) is 49.6 Å². The molecule has 1 amide bonds. The van der Waals surface area contributed by atoms with Gasteiger partial charge >= 0.3 is 0 Å². The molecule has 2 heterocycles. The van der Waals surface area contributed by atoms with Gasteiger partial charge in [0.1, 0.15) is 5.82 Å². The van der Waals surface area contributed by atoms with Gasteiger partial charge in [-0.15, -0.1) is 0 Å². The molecule has 0 aliphatic carbocycles. The third-order valence-corrected chi connectivity index (χ3v) is 4.47. The molecule has 6 heteroatoms. The minimum atomic E-state index is -0.475. The first-order valence-corrected chi connectivity index (χ1v) is 8.28. The summed E-state index contributed by atoms with van der Waals surface area (Å²) in [4.78, 5) is 20.5. The Morgan fingerprint density at radius 2 is 1.83 bits per heavy atom. The summed E-state index contributed by atoms with van der Waals surface area (Å²) in [5.41, 5.74) is 1.33. The summed E-state index contributed by atoms with van der Waals surface area (Å²) in [5, 5.41) is 0. The van der Waals surface area contributed by atoms with Gasteiger partial charge in [0.15, 0.2) is 0 Å². The SMILES string of the molecule is O=C(c1cc(Br)ccc1F)N1CCN(Cc2ccncc2)CC1. The standard InChI is InChI=1S/C17H17BrFN3O/c18-14-1-2-16(19)15(11-14)17(23)22-9-7-21(8-10-22)12-13-3-5-20-6-4-13/h1-6,11H,7-10,12H2. The molecule has 0 bridgehead atoms. The van der Waals surface area contributed by atoms with Gasteiger partial charge in [-0.25, -0.2) is 4.39 Å². The van der Waals surface area contributed by atoms with Crippen LogP contribution in [-0.4, -0.2) is 46.9 Å². The summed E-state index contributed by atoms with van der Waals surface area (Å²) in [6.45, 7) is 3.62. The monoisotopic (exact) mass is 377 g/mol. The van der Waals surface area contributed by atoms with Crippen LogP contribution >= 0.6 is 15.9 Å². The highest BCUT2D eigenvalue weighted by Gasteiger charge is 2.24. The highest BCUT2D eigenvalue weighted by Crippen LogP contribution is 2.18. The molecule has 0 atom stereocenters. The molecule has 0 radical (unpaired) electrons. The molecule has 1 fully saturated rings. The minimum absolute atomic E-state index is 0.127. The molecule has 0 unspecified atom stereocenters. The molecule has 0 spiro atoms. The number of pyridine rings is 1. The Hall–Kier alpha value is -1.79. The second-order valence-electron chi connectivity index (χ2n) is 5.55. The topological polar surface area (TPSA) is 36.4 Å². The zero-order valence-electron chi connectivity index (χ0n) is 12.6. The predicted octanol–water partition coefficient (Wildman–Crippen LogP) is 2.94. The molecule has 1 aromatic carbocycles. The maximum atomic E-state index is 13.9. The fourth-order valence-corrected chi connectivity index (χ4v) is 3.05. The van der Waals surface area contributed by atoms with Gasteiger partial charge in [-0.1, -0.05) is 15.9 Å². The number of hydrogen-bond donors (Lipinski definition) is 0. The van der Waals surface area contributed by atoms with Crippen LogP contribution in [0.1, 0.15) is 15.9 Å². The first-order valence-electron chi connectivity index (χ1n) is 7.49. The van der Waals surface area contributed by atoms with Crippen molar-refractivity contribution in [2.24, 2.45) is 0 Å². The zero-order valence-corrected chi connectivity index (χ0v) is 14.2. The lowest BCUT2D eigenvalue weighted by Crippen LogP contribution is -2.48. The average Bonchev–Trinajstić information content (AvgIpc) is 2.58. The number of nitrogens with zero attached hydrogens (tertiary/aromatic N) is 3. The molecule has 120 valence electrons. The van der Waals surface area contributed by atoms with Gasteiger partial charge in [-0.3, -0.25) is 14.7 Å². The van der Waals surface area contributed by atoms with Gasteiger partial charge in [-0.2, -0.15) is 0 Å². The van der Waals surface area contributed by atoms with Gasteiger partial charge < -0.3 is 4.90 Å². The molecular formula is C17H17BrFN3O. The van der Waals surface area contributed by atoms with E-state index in [-0.39, 0.29) is 11.5 Å². The molecule has 1 saturated heterocycles. The Morgan fingerprint density at radius 1 is 1.13 bits per heavy atom. The number of benzene rings is 1. The van der Waals surface area contributed by atoms with Crippen molar-refractivity contribution in [3.05, 3.63) is 64.1 Å². The van der Waals surface area contributed by atoms with E-state index in [0.29, 0.717) is 17.6 Å². The fraction of sp³-hybridized carbons (Fsp3) is 0.294. The first kappa shape index (κ1) is 16.1. The molecule has 2 aromatic rings. The summed E-state index contributed by atoms with van der Waals surface area (Å²) >= 11 is 3.28. The quantitative estimate of drug-likeness (QED) is 0.824. The lowest BCUT2D eigenvalue weighted by molar-refractivity contribution is 0.0624. The Labute approximate surface area is 143 Å². The summed E-state index contributed by atoms with van der Waals surface area (Å²) in [6.07, 6.45) is 3.57. The highest BCUT2D eigenvalue weighted by molar-refractivity contribution is 9.10. The van der Waals surface area contributed by atoms with E-state index in [9.17, 15) is 9.18 Å². The van der Waals surface area contributed by atoms with Crippen LogP contribution < -0.4 is 0 Å². The molecule has 23 heavy (non-hydrogen) atoms. The van der Waals surface area contributed by atoms with Crippen molar-refractivity contribution in [3.8, 4) is 0 Å². The normalized spacial score (nSPS) is 15.7. The molecule has 4 nitrogen and oxygen atoms in total. The van der Waals surface area contributed by atoms with Gasteiger partial charge in [0.25, 0.3) is 5.91 Å². The van der Waals surface area contributed by atoms with E-state index in [1.807, 2.05) is 12.1 Å². The molecule has 1 aliphatic rings. The van der Waals surface area contributed by atoms with Crippen LogP contribution in [0, 0.1) is 5.82 Å². The molecule has 1 aromatic heterocycles. The molecule has 0 N–H and O–H groups in total. The van der Waals surface area contributed by atoms with Gasteiger partial charge in [0.2, 0.25) is 0 Å². The van der Waals surface area contributed by atoms with Crippen LogP contribution in [0.3, 0.4) is 0 Å². The van der Waals surface area contributed by atoms with Crippen molar-refractivity contribution in [1.82, 2.24) is 14.8 Å². The highest BCUT2D eigenvalue weighted by atomic mass is 79.9. The largest absolute Gasteiger partial charge is 0.336 e. The third kappa shape index (κ3) is 3.95. The fourth-order valence-electron chi connectivity index (χ4n) is 2.69. The third-order valence-electron chi connectivity index (χ3n) is 3.97. The van der Waals surface area contributed by atoms with Crippen molar-refractivity contribution < 1.29 is 9.18 Å². The Kier molecular flexibility index (Phi) is 5.03. The summed E-state index contributed by atoms with van der Waals surface area (Å²) in [7, 11) is 0. The zero-order chi connectivity index (χ0) is 16.2. The van der Waals surface area contributed by atoms with E-state index in [4.69, 9.17) is 0 Å². The Bertz CT molecular complexity index is 687. The van der Waals surface area contributed by atoms with E-state index < -0.39 is 5.82 Å². The number of rotatable bonds is 3. The number of halogens is 2. The summed E-state index contributed by atoms with van der Waals surface area (Å²) in [6, 6.07) is 8.44. The van der Waals surface area contributed by atoms with Gasteiger partial charge in [-0.05, 0) is 35.9 Å². The lowest BCUT2D eigenvalue weighted by atomic mass is 10.1. The van der Waals surface area contributed by atoms with E-state index in [2.05, 4.69) is 25.8 Å². The first-order chi connectivity index (χ1) is 11.1. The minimum Gasteiger partial charge on any atom is -0.336 e. The van der Waals surface area contributed by atoms with Crippen LogP contribution in [0.4, 0.5) is 4.39 Å². The van der Waals surface area contributed by atoms with Crippen molar-refractivity contribution >= 4 is 21.8 Å². The van der Waals surface area contributed by atoms with Crippen molar-refractivity contribution in [2.75, 3.05) is 26.2 Å². The van der Waals surface area contributed by atoms with E-state index in [0.717, 1.165) is 19.6 Å². The number of hydrogen-bond acceptors (Lipinski definition) is 3. The maximum Gasteiger partial charge on any atom is 0.256 e. The van der Waals surface area contributed by atoms with E-state index >= 15 is 0 Å². The van der Waals surface area contributed by atoms with E-state index in [1.54, 1.807) is 29.4 Å². The number of carbonyl (C=O) groups excluding carboxylic acids is 1. The number of piperazine rings is 1. The summed E-state index contributed by atoms with van der Waals surface area (Å²) in [5.74, 6) is -0.718. The smallest absolute Gasteiger partial charge is 0.256 e. The van der Waals surface area contributed by atoms with Crippen molar-refractivity contribution in [3.63, 3.8) is 0 Å². The Morgan fingerprint density at radius 3 is 2.52 bits per heavy atom. The average molecular weight is 378 g/mol. The number of aromatic nitrogens is 1. The second kappa shape index (κ2) is 7.19. The number of carbonyl (C=O) groups is 1. The van der Waals surface area contributed by atoms with Crippen molar-refractivity contribution in [2.45, 2.75) is 6.54 Å². The summed E-state index contributed by atoms with van der Waals surface area (Å²) < 4.78 is 14.6.